The first-order valence-electron chi connectivity index (χ1n) is 7.77. The van der Waals surface area contributed by atoms with Crippen LogP contribution in [0.2, 0.25) is 0 Å². The van der Waals surface area contributed by atoms with Crippen LogP contribution in [0.4, 0.5) is 0 Å². The number of likely N-dealkylation sites (tertiary alicyclic amines) is 1. The summed E-state index contributed by atoms with van der Waals surface area (Å²) in [6.45, 7) is 2.69. The molecule has 1 fully saturated rings. The number of carbonyl (C=O) groups excluding carboxylic acids is 2. The van der Waals surface area contributed by atoms with Gasteiger partial charge in [0.1, 0.15) is 0 Å². The van der Waals surface area contributed by atoms with Crippen molar-refractivity contribution in [1.82, 2.24) is 4.90 Å². The summed E-state index contributed by atoms with van der Waals surface area (Å²) in [6, 6.07) is 16.8. The molecule has 0 unspecified atom stereocenters. The summed E-state index contributed by atoms with van der Waals surface area (Å²) in [5.74, 6) is 0.127. The molecule has 2 aromatic carbocycles. The minimum atomic E-state index is -0.0576. The first-order valence-corrected chi connectivity index (χ1v) is 7.77. The Hall–Kier alpha value is -2.17. The van der Waals surface area contributed by atoms with Crippen molar-refractivity contribution in [1.29, 1.82) is 0 Å². The van der Waals surface area contributed by atoms with Gasteiger partial charge < -0.3 is 10.6 Å². The second-order valence-corrected chi connectivity index (χ2v) is 6.02. The summed E-state index contributed by atoms with van der Waals surface area (Å²) < 4.78 is 0. The van der Waals surface area contributed by atoms with Gasteiger partial charge in [0.05, 0.1) is 0 Å². The van der Waals surface area contributed by atoms with Crippen molar-refractivity contribution in [2.45, 2.75) is 18.9 Å². The third-order valence-electron chi connectivity index (χ3n) is 4.42. The van der Waals surface area contributed by atoms with Gasteiger partial charge in [0, 0.05) is 36.2 Å². The molecular formula is C19H21ClN2O2. The smallest absolute Gasteiger partial charge is 0.253 e. The fourth-order valence-corrected chi connectivity index (χ4v) is 3.08. The highest BCUT2D eigenvalue weighted by Crippen LogP contribution is 2.27. The zero-order valence-electron chi connectivity index (χ0n) is 13.5. The van der Waals surface area contributed by atoms with Gasteiger partial charge in [-0.2, -0.15) is 0 Å². The summed E-state index contributed by atoms with van der Waals surface area (Å²) >= 11 is 0. The van der Waals surface area contributed by atoms with Crippen molar-refractivity contribution in [3.8, 4) is 0 Å². The van der Waals surface area contributed by atoms with Gasteiger partial charge in [0.15, 0.2) is 5.78 Å². The van der Waals surface area contributed by atoms with Gasteiger partial charge in [0.25, 0.3) is 5.91 Å². The second kappa shape index (κ2) is 7.60. The van der Waals surface area contributed by atoms with Gasteiger partial charge in [-0.3, -0.25) is 9.59 Å². The van der Waals surface area contributed by atoms with E-state index in [-0.39, 0.29) is 36.1 Å². The Morgan fingerprint density at radius 2 is 1.54 bits per heavy atom. The number of benzene rings is 2. The number of halogens is 1. The summed E-state index contributed by atoms with van der Waals surface area (Å²) in [7, 11) is 0. The summed E-state index contributed by atoms with van der Waals surface area (Å²) in [5, 5.41) is 0. The molecule has 0 spiro atoms. The lowest BCUT2D eigenvalue weighted by molar-refractivity contribution is 0.0788. The highest BCUT2D eigenvalue weighted by atomic mass is 35.5. The molecule has 0 bridgehead atoms. The molecule has 2 atom stereocenters. The fraction of sp³-hybridized carbons (Fsp3) is 0.263. The fourth-order valence-electron chi connectivity index (χ4n) is 3.08. The molecule has 2 N–H and O–H groups in total. The Morgan fingerprint density at radius 1 is 0.958 bits per heavy atom. The molecule has 1 aliphatic heterocycles. The number of amides is 1. The average molecular weight is 345 g/mol. The van der Waals surface area contributed by atoms with Gasteiger partial charge in [-0.05, 0) is 24.6 Å². The lowest BCUT2D eigenvalue weighted by Gasteiger charge is -2.16. The molecule has 1 heterocycles. The van der Waals surface area contributed by atoms with Crippen molar-refractivity contribution in [3.05, 3.63) is 71.3 Å². The molecule has 0 aromatic heterocycles. The van der Waals surface area contributed by atoms with E-state index in [2.05, 4.69) is 12.1 Å². The van der Waals surface area contributed by atoms with Crippen LogP contribution in [0.5, 0.6) is 0 Å². The molecule has 5 heteroatoms. The van der Waals surface area contributed by atoms with Crippen LogP contribution in [0.15, 0.2) is 54.6 Å². The van der Waals surface area contributed by atoms with Crippen molar-refractivity contribution in [2.75, 3.05) is 13.1 Å². The van der Waals surface area contributed by atoms with Crippen LogP contribution in [0.1, 0.15) is 39.1 Å². The topological polar surface area (TPSA) is 63.4 Å². The van der Waals surface area contributed by atoms with E-state index in [9.17, 15) is 9.59 Å². The van der Waals surface area contributed by atoms with Gasteiger partial charge in [-0.1, -0.05) is 42.5 Å². The van der Waals surface area contributed by atoms with E-state index < -0.39 is 0 Å². The Bertz CT molecular complexity index is 716. The van der Waals surface area contributed by atoms with Crippen LogP contribution < -0.4 is 5.73 Å². The number of nitrogens with two attached hydrogens (primary N) is 1. The van der Waals surface area contributed by atoms with Crippen LogP contribution in [0, 0.1) is 0 Å². The van der Waals surface area contributed by atoms with Crippen molar-refractivity contribution in [3.63, 3.8) is 0 Å². The molecule has 1 amide bonds. The minimum Gasteiger partial charge on any atom is -0.336 e. The van der Waals surface area contributed by atoms with Crippen LogP contribution in [-0.2, 0) is 0 Å². The van der Waals surface area contributed by atoms with Crippen molar-refractivity contribution < 1.29 is 9.59 Å². The molecule has 2 aromatic rings. The molecule has 3 rings (SSSR count). The van der Waals surface area contributed by atoms with Gasteiger partial charge in [-0.15, -0.1) is 12.4 Å². The van der Waals surface area contributed by atoms with Crippen LogP contribution in [0.3, 0.4) is 0 Å². The Labute approximate surface area is 148 Å². The maximum atomic E-state index is 12.6. The second-order valence-electron chi connectivity index (χ2n) is 6.02. The standard InChI is InChI=1S/C19H20N2O2.ClH/c1-13(22)14-7-9-16(10-8-14)19(23)21-11-17(18(20)12-21)15-5-3-2-4-6-15;/h2-10,17-18H,11-12,20H2,1H3;1H/t17-,18+;/m0./s1. The molecule has 0 aliphatic carbocycles. The number of ketones is 1. The van der Waals surface area contributed by atoms with Crippen LogP contribution in [0.25, 0.3) is 0 Å². The van der Waals surface area contributed by atoms with E-state index >= 15 is 0 Å². The quantitative estimate of drug-likeness (QED) is 0.871. The number of Topliss-reactive ketones (excluding diaryl/α,β-unsaturated/α-hetero) is 1. The number of carbonyl (C=O) groups is 2. The predicted octanol–water partition coefficient (Wildman–Crippen LogP) is 2.88. The minimum absolute atomic E-state index is 0. The zero-order chi connectivity index (χ0) is 16.4. The van der Waals surface area contributed by atoms with Crippen molar-refractivity contribution >= 4 is 24.1 Å². The van der Waals surface area contributed by atoms with E-state index in [0.29, 0.717) is 24.2 Å². The van der Waals surface area contributed by atoms with E-state index in [0.717, 1.165) is 0 Å². The normalized spacial score (nSPS) is 19.7. The summed E-state index contributed by atoms with van der Waals surface area (Å²) in [4.78, 5) is 25.7. The first kappa shape index (κ1) is 18.2. The Morgan fingerprint density at radius 3 is 2.12 bits per heavy atom. The molecular weight excluding hydrogens is 324 g/mol. The number of nitrogens with zero attached hydrogens (tertiary/aromatic N) is 1. The zero-order valence-corrected chi connectivity index (χ0v) is 14.3. The van der Waals surface area contributed by atoms with Gasteiger partial charge in [-0.25, -0.2) is 0 Å². The highest BCUT2D eigenvalue weighted by Gasteiger charge is 2.34. The van der Waals surface area contributed by atoms with E-state index in [1.165, 1.54) is 12.5 Å². The van der Waals surface area contributed by atoms with Crippen LogP contribution in [-0.4, -0.2) is 35.7 Å². The number of rotatable bonds is 3. The molecule has 1 saturated heterocycles. The molecule has 0 radical (unpaired) electrons. The Kier molecular flexibility index (Phi) is 5.75. The maximum Gasteiger partial charge on any atom is 0.253 e. The lowest BCUT2D eigenvalue weighted by Crippen LogP contribution is -2.32. The monoisotopic (exact) mass is 344 g/mol. The average Bonchev–Trinajstić information content (AvgIpc) is 2.97. The highest BCUT2D eigenvalue weighted by molar-refractivity contribution is 5.97. The SMILES string of the molecule is CC(=O)c1ccc(C(=O)N2C[C@@H](N)[C@H](c3ccccc3)C2)cc1.Cl. The maximum absolute atomic E-state index is 12.6. The van der Waals surface area contributed by atoms with Crippen molar-refractivity contribution in [2.24, 2.45) is 5.73 Å². The van der Waals surface area contributed by atoms with Crippen LogP contribution >= 0.6 is 12.4 Å². The molecule has 126 valence electrons. The molecule has 1 aliphatic rings. The predicted molar refractivity (Wildman–Crippen MR) is 96.8 cm³/mol. The largest absolute Gasteiger partial charge is 0.336 e. The Balaban J connectivity index is 0.00000208. The van der Waals surface area contributed by atoms with E-state index in [1.807, 2.05) is 18.2 Å². The summed E-state index contributed by atoms with van der Waals surface area (Å²) in [6.07, 6.45) is 0. The van der Waals surface area contributed by atoms with E-state index in [4.69, 9.17) is 5.73 Å². The van der Waals surface area contributed by atoms with E-state index in [1.54, 1.807) is 29.2 Å². The molecule has 0 saturated carbocycles. The third kappa shape index (κ3) is 3.66. The van der Waals surface area contributed by atoms with Gasteiger partial charge in [0.2, 0.25) is 0 Å². The lowest BCUT2D eigenvalue weighted by atomic mass is 9.95. The molecule has 4 nitrogen and oxygen atoms in total. The van der Waals surface area contributed by atoms with Gasteiger partial charge >= 0.3 is 0 Å². The number of hydrogen-bond acceptors (Lipinski definition) is 3. The third-order valence-corrected chi connectivity index (χ3v) is 4.42. The number of hydrogen-bond donors (Lipinski definition) is 1. The molecule has 24 heavy (non-hydrogen) atoms. The summed E-state index contributed by atoms with van der Waals surface area (Å²) in [5.41, 5.74) is 8.62. The first-order chi connectivity index (χ1) is 11.1.